The molecule has 2 amide bonds. The molecule has 2 N–H and O–H groups in total. The number of urea groups is 1. The summed E-state index contributed by atoms with van der Waals surface area (Å²) in [6, 6.07) is 5.05. The van der Waals surface area contributed by atoms with E-state index in [1.165, 1.54) is 11.3 Å². The van der Waals surface area contributed by atoms with Crippen molar-refractivity contribution in [1.29, 1.82) is 0 Å². The summed E-state index contributed by atoms with van der Waals surface area (Å²) in [6.45, 7) is 2.32. The Morgan fingerprint density at radius 2 is 2.00 bits per heavy atom. The molecule has 0 aliphatic carbocycles. The standard InChI is InChI=1S/C16H18ClN5O2S/c1-9-14(17)25-13(19-9)6-7-18-15(23)20-10-4-5-11-12(8-10)22(3)16(24)21(11)2/h4-5,8H,6-7H2,1-3H3,(H2,18,20,23). The number of hydrogen-bond acceptors (Lipinski definition) is 4. The third kappa shape index (κ3) is 3.54. The number of carbonyl (C=O) groups excluding carboxylic acids is 1. The summed E-state index contributed by atoms with van der Waals surface area (Å²) in [5.41, 5.74) is 2.91. The van der Waals surface area contributed by atoms with Gasteiger partial charge < -0.3 is 10.6 Å². The molecule has 0 aliphatic heterocycles. The molecular formula is C16H18ClN5O2S. The van der Waals surface area contributed by atoms with Crippen LogP contribution in [0.5, 0.6) is 0 Å². The van der Waals surface area contributed by atoms with E-state index in [1.54, 1.807) is 35.4 Å². The molecule has 2 aromatic heterocycles. The minimum absolute atomic E-state index is 0.103. The third-order valence-corrected chi connectivity index (χ3v) is 5.45. The summed E-state index contributed by atoms with van der Waals surface area (Å²) in [5.74, 6) is 0. The highest BCUT2D eigenvalue weighted by atomic mass is 35.5. The molecule has 3 rings (SSSR count). The number of benzene rings is 1. The lowest BCUT2D eigenvalue weighted by Crippen LogP contribution is -2.30. The second-order valence-corrected chi connectivity index (χ2v) is 7.39. The lowest BCUT2D eigenvalue weighted by Gasteiger charge is -2.07. The van der Waals surface area contributed by atoms with Crippen molar-refractivity contribution < 1.29 is 4.79 Å². The molecule has 1 aromatic carbocycles. The molecule has 0 bridgehead atoms. The number of carbonyl (C=O) groups is 1. The number of nitrogens with one attached hydrogen (secondary N) is 2. The lowest BCUT2D eigenvalue weighted by atomic mass is 10.2. The van der Waals surface area contributed by atoms with Crippen molar-refractivity contribution in [3.8, 4) is 0 Å². The van der Waals surface area contributed by atoms with Gasteiger partial charge in [-0.05, 0) is 25.1 Å². The van der Waals surface area contributed by atoms with Crippen LogP contribution >= 0.6 is 22.9 Å². The van der Waals surface area contributed by atoms with Crippen molar-refractivity contribution in [3.63, 3.8) is 0 Å². The maximum Gasteiger partial charge on any atom is 0.328 e. The Kier molecular flexibility index (Phi) is 4.82. The van der Waals surface area contributed by atoms with Crippen LogP contribution in [0.2, 0.25) is 4.34 Å². The second kappa shape index (κ2) is 6.89. The van der Waals surface area contributed by atoms with Gasteiger partial charge in [-0.2, -0.15) is 0 Å². The molecule has 0 saturated heterocycles. The van der Waals surface area contributed by atoms with Crippen LogP contribution in [-0.4, -0.2) is 26.7 Å². The maximum absolute atomic E-state index is 12.0. The van der Waals surface area contributed by atoms with Crippen LogP contribution in [0.3, 0.4) is 0 Å². The van der Waals surface area contributed by atoms with E-state index in [9.17, 15) is 9.59 Å². The van der Waals surface area contributed by atoms with Crippen LogP contribution in [0.4, 0.5) is 10.5 Å². The molecule has 7 nitrogen and oxygen atoms in total. The molecule has 0 atom stereocenters. The zero-order valence-corrected chi connectivity index (χ0v) is 15.7. The van der Waals surface area contributed by atoms with Crippen molar-refractivity contribution in [3.05, 3.63) is 43.7 Å². The normalized spacial score (nSPS) is 11.0. The Labute approximate surface area is 153 Å². The quantitative estimate of drug-likeness (QED) is 0.731. The van der Waals surface area contributed by atoms with Gasteiger partial charge in [-0.15, -0.1) is 11.3 Å². The average Bonchev–Trinajstić information content (AvgIpc) is 3.00. The van der Waals surface area contributed by atoms with Gasteiger partial charge in [-0.3, -0.25) is 9.13 Å². The van der Waals surface area contributed by atoms with E-state index in [0.29, 0.717) is 23.0 Å². The maximum atomic E-state index is 12.0. The summed E-state index contributed by atoms with van der Waals surface area (Å²) in [5, 5.41) is 6.45. The fourth-order valence-electron chi connectivity index (χ4n) is 2.58. The van der Waals surface area contributed by atoms with Crippen molar-refractivity contribution in [2.24, 2.45) is 14.1 Å². The van der Waals surface area contributed by atoms with E-state index in [-0.39, 0.29) is 11.7 Å². The number of aryl methyl sites for hydroxylation is 3. The summed E-state index contributed by atoms with van der Waals surface area (Å²) in [6.07, 6.45) is 0.623. The number of halogens is 1. The van der Waals surface area contributed by atoms with Crippen molar-refractivity contribution in [1.82, 2.24) is 19.4 Å². The number of imidazole rings is 1. The molecule has 0 saturated carbocycles. The molecule has 9 heteroatoms. The third-order valence-electron chi connectivity index (χ3n) is 3.94. The van der Waals surface area contributed by atoms with Gasteiger partial charge in [0.15, 0.2) is 0 Å². The zero-order chi connectivity index (χ0) is 18.1. The molecule has 25 heavy (non-hydrogen) atoms. The van der Waals surface area contributed by atoms with Gasteiger partial charge in [0.05, 0.1) is 21.7 Å². The number of aromatic nitrogens is 3. The van der Waals surface area contributed by atoms with E-state index >= 15 is 0 Å². The predicted octanol–water partition coefficient (Wildman–Crippen LogP) is 2.66. The summed E-state index contributed by atoms with van der Waals surface area (Å²) >= 11 is 7.41. The number of thiazole rings is 1. The average molecular weight is 380 g/mol. The number of fused-ring (bicyclic) bond motifs is 1. The largest absolute Gasteiger partial charge is 0.337 e. The van der Waals surface area contributed by atoms with Crippen LogP contribution in [0.1, 0.15) is 10.7 Å². The molecule has 132 valence electrons. The van der Waals surface area contributed by atoms with Gasteiger partial charge in [0.1, 0.15) is 4.34 Å². The predicted molar refractivity (Wildman–Crippen MR) is 101 cm³/mol. The van der Waals surface area contributed by atoms with Gasteiger partial charge in [-0.1, -0.05) is 11.6 Å². The Bertz CT molecular complexity index is 985. The Hall–Kier alpha value is -2.32. The minimum atomic E-state index is -0.306. The SMILES string of the molecule is Cc1nc(CCNC(=O)Nc2ccc3c(c2)n(C)c(=O)n3C)sc1Cl. The van der Waals surface area contributed by atoms with Gasteiger partial charge in [0, 0.05) is 32.7 Å². The molecule has 2 heterocycles. The summed E-state index contributed by atoms with van der Waals surface area (Å²) in [7, 11) is 3.42. The first-order valence-corrected chi connectivity index (χ1v) is 8.88. The highest BCUT2D eigenvalue weighted by Gasteiger charge is 2.10. The topological polar surface area (TPSA) is 81.0 Å². The van der Waals surface area contributed by atoms with E-state index in [1.807, 2.05) is 13.0 Å². The first-order chi connectivity index (χ1) is 11.9. The van der Waals surface area contributed by atoms with Crippen LogP contribution in [0.15, 0.2) is 23.0 Å². The van der Waals surface area contributed by atoms with E-state index in [4.69, 9.17) is 11.6 Å². The molecule has 0 unspecified atom stereocenters. The van der Waals surface area contributed by atoms with Gasteiger partial charge in [0.2, 0.25) is 0 Å². The second-order valence-electron chi connectivity index (χ2n) is 5.70. The summed E-state index contributed by atoms with van der Waals surface area (Å²) in [4.78, 5) is 28.3. The Balaban J connectivity index is 1.62. The van der Waals surface area contributed by atoms with E-state index in [2.05, 4.69) is 15.6 Å². The Morgan fingerprint density at radius 1 is 1.28 bits per heavy atom. The zero-order valence-electron chi connectivity index (χ0n) is 14.1. The summed E-state index contributed by atoms with van der Waals surface area (Å²) < 4.78 is 3.80. The minimum Gasteiger partial charge on any atom is -0.337 e. The first-order valence-electron chi connectivity index (χ1n) is 7.69. The lowest BCUT2D eigenvalue weighted by molar-refractivity contribution is 0.252. The van der Waals surface area contributed by atoms with Crippen LogP contribution in [0, 0.1) is 6.92 Å². The smallest absolute Gasteiger partial charge is 0.328 e. The number of hydrogen-bond donors (Lipinski definition) is 2. The number of rotatable bonds is 4. The van der Waals surface area contributed by atoms with Gasteiger partial charge >= 0.3 is 11.7 Å². The number of anilines is 1. The molecule has 3 aromatic rings. The molecule has 0 spiro atoms. The van der Waals surface area contributed by atoms with E-state index < -0.39 is 0 Å². The number of amides is 2. The van der Waals surface area contributed by atoms with Crippen molar-refractivity contribution >= 4 is 45.7 Å². The van der Waals surface area contributed by atoms with Crippen LogP contribution in [-0.2, 0) is 20.5 Å². The highest BCUT2D eigenvalue weighted by Crippen LogP contribution is 2.23. The van der Waals surface area contributed by atoms with Gasteiger partial charge in [-0.25, -0.2) is 14.6 Å². The van der Waals surface area contributed by atoms with Crippen LogP contribution < -0.4 is 16.3 Å². The molecule has 0 radical (unpaired) electrons. The fourth-order valence-corrected chi connectivity index (χ4v) is 3.68. The van der Waals surface area contributed by atoms with Crippen LogP contribution in [0.25, 0.3) is 11.0 Å². The van der Waals surface area contributed by atoms with Crippen molar-refractivity contribution in [2.45, 2.75) is 13.3 Å². The Morgan fingerprint density at radius 3 is 2.68 bits per heavy atom. The highest BCUT2D eigenvalue weighted by molar-refractivity contribution is 7.16. The van der Waals surface area contributed by atoms with E-state index in [0.717, 1.165) is 21.7 Å². The number of nitrogens with zero attached hydrogens (tertiary/aromatic N) is 3. The monoisotopic (exact) mass is 379 g/mol. The molecule has 0 aliphatic rings. The molecular weight excluding hydrogens is 362 g/mol. The molecule has 0 fully saturated rings. The first kappa shape index (κ1) is 17.5. The van der Waals surface area contributed by atoms with Gasteiger partial charge in [0.25, 0.3) is 0 Å². The van der Waals surface area contributed by atoms with Crippen molar-refractivity contribution in [2.75, 3.05) is 11.9 Å². The fraction of sp³-hybridized carbons (Fsp3) is 0.312.